The van der Waals surface area contributed by atoms with Crippen LogP contribution in [0.5, 0.6) is 5.75 Å². The zero-order valence-electron chi connectivity index (χ0n) is 15.7. The van der Waals surface area contributed by atoms with Crippen LogP contribution >= 0.6 is 22.9 Å². The van der Waals surface area contributed by atoms with Crippen molar-refractivity contribution in [2.45, 2.75) is 6.54 Å². The summed E-state index contributed by atoms with van der Waals surface area (Å²) < 4.78 is 19.7. The largest absolute Gasteiger partial charge is 0.495 e. The minimum absolute atomic E-state index is 0.240. The van der Waals surface area contributed by atoms with Crippen LogP contribution in [0.3, 0.4) is 0 Å². The lowest BCUT2D eigenvalue weighted by molar-refractivity contribution is -0.116. The van der Waals surface area contributed by atoms with E-state index in [0.29, 0.717) is 37.8 Å². The standard InChI is InChI=1S/C21H15ClFN3O3S/c1-29-17-7-4-13(22)8-16(17)25-18(27)9-26-11-24-20-19(21(26)28)15(10-30-20)12-2-5-14(23)6-3-12/h2-8,10-11H,9H2,1H3,(H,25,27). The van der Waals surface area contributed by atoms with Crippen LogP contribution in [-0.4, -0.2) is 22.6 Å². The maximum Gasteiger partial charge on any atom is 0.263 e. The zero-order chi connectivity index (χ0) is 21.3. The molecule has 152 valence electrons. The summed E-state index contributed by atoms with van der Waals surface area (Å²) in [6.07, 6.45) is 1.34. The highest BCUT2D eigenvalue weighted by Gasteiger charge is 2.16. The maximum atomic E-state index is 13.2. The van der Waals surface area contributed by atoms with Crippen molar-refractivity contribution in [1.82, 2.24) is 9.55 Å². The van der Waals surface area contributed by atoms with Crippen LogP contribution in [-0.2, 0) is 11.3 Å². The molecule has 0 unspecified atom stereocenters. The van der Waals surface area contributed by atoms with Gasteiger partial charge < -0.3 is 10.1 Å². The number of hydrogen-bond donors (Lipinski definition) is 1. The Kier molecular flexibility index (Phi) is 5.52. The number of amides is 1. The van der Waals surface area contributed by atoms with Crippen molar-refractivity contribution in [3.05, 3.63) is 75.4 Å². The van der Waals surface area contributed by atoms with E-state index in [1.807, 2.05) is 0 Å². The van der Waals surface area contributed by atoms with Gasteiger partial charge in [0.25, 0.3) is 5.56 Å². The van der Waals surface area contributed by atoms with Gasteiger partial charge in [0.15, 0.2) is 0 Å². The van der Waals surface area contributed by atoms with Crippen LogP contribution in [0.1, 0.15) is 0 Å². The SMILES string of the molecule is COc1ccc(Cl)cc1NC(=O)Cn1cnc2scc(-c3ccc(F)cc3)c2c1=O. The number of carbonyl (C=O) groups excluding carboxylic acids is 1. The maximum absolute atomic E-state index is 13.2. The van der Waals surface area contributed by atoms with Crippen molar-refractivity contribution < 1.29 is 13.9 Å². The molecule has 0 radical (unpaired) electrons. The highest BCUT2D eigenvalue weighted by Crippen LogP contribution is 2.31. The Balaban J connectivity index is 1.65. The number of carbonyl (C=O) groups is 1. The molecule has 0 saturated carbocycles. The first-order valence-electron chi connectivity index (χ1n) is 8.82. The first-order valence-corrected chi connectivity index (χ1v) is 10.1. The molecule has 2 aromatic heterocycles. The molecule has 0 aliphatic rings. The topological polar surface area (TPSA) is 73.2 Å². The molecule has 1 N–H and O–H groups in total. The van der Waals surface area contributed by atoms with Crippen LogP contribution in [0.4, 0.5) is 10.1 Å². The number of thiophene rings is 1. The van der Waals surface area contributed by atoms with E-state index in [9.17, 15) is 14.0 Å². The quantitative estimate of drug-likeness (QED) is 0.490. The van der Waals surface area contributed by atoms with Gasteiger partial charge in [0.05, 0.1) is 24.5 Å². The summed E-state index contributed by atoms with van der Waals surface area (Å²) in [6.45, 7) is -0.240. The molecule has 0 atom stereocenters. The summed E-state index contributed by atoms with van der Waals surface area (Å²) >= 11 is 7.30. The Morgan fingerprint density at radius 1 is 1.27 bits per heavy atom. The fourth-order valence-electron chi connectivity index (χ4n) is 3.04. The summed E-state index contributed by atoms with van der Waals surface area (Å²) in [4.78, 5) is 30.4. The van der Waals surface area contributed by atoms with Gasteiger partial charge in [-0.05, 0) is 35.9 Å². The second-order valence-corrected chi connectivity index (χ2v) is 7.70. The van der Waals surface area contributed by atoms with Gasteiger partial charge in [-0.25, -0.2) is 9.37 Å². The van der Waals surface area contributed by atoms with Gasteiger partial charge in [-0.2, -0.15) is 0 Å². The lowest BCUT2D eigenvalue weighted by Crippen LogP contribution is -2.28. The normalized spacial score (nSPS) is 10.9. The van der Waals surface area contributed by atoms with Crippen molar-refractivity contribution in [3.8, 4) is 16.9 Å². The summed E-state index contributed by atoms with van der Waals surface area (Å²) in [5.41, 5.74) is 1.40. The number of halogens is 2. The molecule has 4 rings (SSSR count). The Hall–Kier alpha value is -3.23. The molecule has 2 heterocycles. The molecule has 30 heavy (non-hydrogen) atoms. The molecule has 0 aliphatic carbocycles. The van der Waals surface area contributed by atoms with Crippen molar-refractivity contribution in [1.29, 1.82) is 0 Å². The van der Waals surface area contributed by atoms with Gasteiger partial charge in [-0.3, -0.25) is 14.2 Å². The van der Waals surface area contributed by atoms with Crippen LogP contribution in [0.15, 0.2) is 59.0 Å². The fraction of sp³-hybridized carbons (Fsp3) is 0.0952. The van der Waals surface area contributed by atoms with E-state index in [1.165, 1.54) is 41.5 Å². The molecular weight excluding hydrogens is 429 g/mol. The van der Waals surface area contributed by atoms with Crippen molar-refractivity contribution in [2.24, 2.45) is 0 Å². The number of fused-ring (bicyclic) bond motifs is 1. The molecular formula is C21H15ClFN3O3S. The molecule has 0 aliphatic heterocycles. The number of anilines is 1. The lowest BCUT2D eigenvalue weighted by atomic mass is 10.1. The fourth-order valence-corrected chi connectivity index (χ4v) is 4.12. The molecule has 0 bridgehead atoms. The monoisotopic (exact) mass is 443 g/mol. The average molecular weight is 444 g/mol. The number of nitrogens with one attached hydrogen (secondary N) is 1. The van der Waals surface area contributed by atoms with Gasteiger partial charge in [-0.15, -0.1) is 11.3 Å². The minimum atomic E-state index is -0.433. The third-order valence-corrected chi connectivity index (χ3v) is 5.59. The smallest absolute Gasteiger partial charge is 0.263 e. The number of methoxy groups -OCH3 is 1. The predicted molar refractivity (Wildman–Crippen MR) is 116 cm³/mol. The van der Waals surface area contributed by atoms with Crippen LogP contribution in [0.2, 0.25) is 5.02 Å². The van der Waals surface area contributed by atoms with Gasteiger partial charge in [0.2, 0.25) is 5.91 Å². The molecule has 1 amide bonds. The highest BCUT2D eigenvalue weighted by atomic mass is 35.5. The Morgan fingerprint density at radius 3 is 2.77 bits per heavy atom. The average Bonchev–Trinajstić information content (AvgIpc) is 3.16. The van der Waals surface area contributed by atoms with Crippen LogP contribution in [0, 0.1) is 5.82 Å². The summed E-state index contributed by atoms with van der Waals surface area (Å²) in [5.74, 6) is -0.343. The molecule has 0 fully saturated rings. The number of benzene rings is 2. The van der Waals surface area contributed by atoms with E-state index >= 15 is 0 Å². The van der Waals surface area contributed by atoms with Gasteiger partial charge >= 0.3 is 0 Å². The van der Waals surface area contributed by atoms with Gasteiger partial charge in [-0.1, -0.05) is 23.7 Å². The van der Waals surface area contributed by atoms with E-state index in [1.54, 1.807) is 35.7 Å². The number of hydrogen-bond acceptors (Lipinski definition) is 5. The first kappa shape index (κ1) is 20.1. The molecule has 4 aromatic rings. The molecule has 9 heteroatoms. The third kappa shape index (κ3) is 3.92. The Labute approximate surface area is 179 Å². The number of rotatable bonds is 5. The number of nitrogens with zero attached hydrogens (tertiary/aromatic N) is 2. The summed E-state index contributed by atoms with van der Waals surface area (Å²) in [5, 5.41) is 5.33. The van der Waals surface area contributed by atoms with Gasteiger partial charge in [0.1, 0.15) is 22.9 Å². The molecule has 2 aromatic carbocycles. The highest BCUT2D eigenvalue weighted by molar-refractivity contribution is 7.17. The van der Waals surface area contributed by atoms with E-state index in [4.69, 9.17) is 16.3 Å². The second-order valence-electron chi connectivity index (χ2n) is 6.41. The van der Waals surface area contributed by atoms with Crippen LogP contribution < -0.4 is 15.6 Å². The van der Waals surface area contributed by atoms with Gasteiger partial charge in [0, 0.05) is 16.0 Å². The molecule has 6 nitrogen and oxygen atoms in total. The van der Waals surface area contributed by atoms with Crippen molar-refractivity contribution >= 4 is 44.7 Å². The molecule has 0 spiro atoms. The van der Waals surface area contributed by atoms with Crippen molar-refractivity contribution in [2.75, 3.05) is 12.4 Å². The Morgan fingerprint density at radius 2 is 2.03 bits per heavy atom. The number of ether oxygens (including phenoxy) is 1. The minimum Gasteiger partial charge on any atom is -0.495 e. The Bertz CT molecular complexity index is 1300. The number of aromatic nitrogens is 2. The predicted octanol–water partition coefficient (Wildman–Crippen LogP) is 4.56. The zero-order valence-corrected chi connectivity index (χ0v) is 17.3. The lowest BCUT2D eigenvalue weighted by Gasteiger charge is -2.11. The van der Waals surface area contributed by atoms with Crippen molar-refractivity contribution in [3.63, 3.8) is 0 Å². The van der Waals surface area contributed by atoms with E-state index < -0.39 is 5.91 Å². The molecule has 0 saturated heterocycles. The summed E-state index contributed by atoms with van der Waals surface area (Å²) in [7, 11) is 1.48. The van der Waals surface area contributed by atoms with E-state index in [-0.39, 0.29) is 17.9 Å². The third-order valence-electron chi connectivity index (χ3n) is 4.47. The van der Waals surface area contributed by atoms with Crippen LogP contribution in [0.25, 0.3) is 21.3 Å². The summed E-state index contributed by atoms with van der Waals surface area (Å²) in [6, 6.07) is 10.7. The second kappa shape index (κ2) is 8.25. The van der Waals surface area contributed by atoms with E-state index in [2.05, 4.69) is 10.3 Å². The van der Waals surface area contributed by atoms with E-state index in [0.717, 1.165) is 0 Å². The first-order chi connectivity index (χ1) is 14.5.